The summed E-state index contributed by atoms with van der Waals surface area (Å²) in [6, 6.07) is 9.72. The third-order valence-corrected chi connectivity index (χ3v) is 8.09. The van der Waals surface area contributed by atoms with Crippen molar-refractivity contribution >= 4 is 33.4 Å². The van der Waals surface area contributed by atoms with Gasteiger partial charge in [0, 0.05) is 31.4 Å². The summed E-state index contributed by atoms with van der Waals surface area (Å²) in [5.74, 6) is -1.52. The Morgan fingerprint density at radius 2 is 1.21 bits per heavy atom. The summed E-state index contributed by atoms with van der Waals surface area (Å²) in [5.41, 5.74) is -0.211. The van der Waals surface area contributed by atoms with Crippen LogP contribution >= 0.6 is 0 Å². The standard InChI is InChI=1S/C29H34N2O15S/c1-40-17-43-26(15-41-28(32)18-3-7-20(8-4-18)30(34)35)24-13-11-22(44-24)23-12-14-25(45-23)27(46-47(2,38)39)16-42-29(33)19-5-9-21(10-6-19)31(36)37/h3-10,22-27H,11-17H2,1-2H3/t22-,23-,24-,25-,26+,27+/m1/s1. The smallest absolute Gasteiger partial charge is 0.338 e. The van der Waals surface area contributed by atoms with Gasteiger partial charge in [0.25, 0.3) is 21.5 Å². The molecule has 0 saturated carbocycles. The third kappa shape index (κ3) is 10.2. The van der Waals surface area contributed by atoms with Gasteiger partial charge in [0.1, 0.15) is 32.2 Å². The molecule has 0 bridgehead atoms. The van der Waals surface area contributed by atoms with Gasteiger partial charge < -0.3 is 28.4 Å². The number of benzene rings is 2. The van der Waals surface area contributed by atoms with E-state index < -0.39 is 75.1 Å². The van der Waals surface area contributed by atoms with E-state index in [9.17, 15) is 38.2 Å². The molecule has 0 aromatic heterocycles. The van der Waals surface area contributed by atoms with Crippen LogP contribution < -0.4 is 0 Å². The molecule has 0 aliphatic carbocycles. The molecule has 4 rings (SSSR count). The highest BCUT2D eigenvalue weighted by Gasteiger charge is 2.43. The average molecular weight is 683 g/mol. The van der Waals surface area contributed by atoms with Crippen LogP contribution in [0.3, 0.4) is 0 Å². The molecule has 2 aromatic carbocycles. The second kappa shape index (κ2) is 16.2. The van der Waals surface area contributed by atoms with Gasteiger partial charge in [-0.25, -0.2) is 9.59 Å². The van der Waals surface area contributed by atoms with E-state index in [0.717, 1.165) is 18.4 Å². The van der Waals surface area contributed by atoms with Gasteiger partial charge in [0.05, 0.1) is 51.6 Å². The fourth-order valence-corrected chi connectivity index (χ4v) is 5.86. The first-order valence-electron chi connectivity index (χ1n) is 14.5. The summed E-state index contributed by atoms with van der Waals surface area (Å²) in [4.78, 5) is 45.6. The van der Waals surface area contributed by atoms with E-state index in [1.165, 1.54) is 43.5 Å². The number of methoxy groups -OCH3 is 1. The highest BCUT2D eigenvalue weighted by molar-refractivity contribution is 7.86. The van der Waals surface area contributed by atoms with Gasteiger partial charge in [0.15, 0.2) is 0 Å². The Morgan fingerprint density at radius 1 is 0.787 bits per heavy atom. The van der Waals surface area contributed by atoms with Crippen LogP contribution in [0.15, 0.2) is 48.5 Å². The topological polar surface area (TPSA) is 219 Å². The van der Waals surface area contributed by atoms with Crippen molar-refractivity contribution in [3.8, 4) is 0 Å². The van der Waals surface area contributed by atoms with Gasteiger partial charge in [0.2, 0.25) is 0 Å². The fourth-order valence-electron chi connectivity index (χ4n) is 5.23. The minimum absolute atomic E-state index is 0.0352. The molecule has 256 valence electrons. The number of esters is 2. The van der Waals surface area contributed by atoms with E-state index in [-0.39, 0.29) is 35.9 Å². The summed E-state index contributed by atoms with van der Waals surface area (Å²) in [6.07, 6.45) is -1.20. The zero-order chi connectivity index (χ0) is 34.1. The van der Waals surface area contributed by atoms with Crippen LogP contribution in [0.4, 0.5) is 11.4 Å². The lowest BCUT2D eigenvalue weighted by atomic mass is 10.0. The molecule has 17 nitrogen and oxygen atoms in total. The molecule has 2 saturated heterocycles. The molecule has 0 N–H and O–H groups in total. The molecule has 2 fully saturated rings. The Kier molecular flexibility index (Phi) is 12.3. The van der Waals surface area contributed by atoms with Gasteiger partial charge in [-0.3, -0.25) is 24.4 Å². The normalized spacial score (nSPS) is 22.3. The lowest BCUT2D eigenvalue weighted by Crippen LogP contribution is -2.39. The minimum Gasteiger partial charge on any atom is -0.459 e. The van der Waals surface area contributed by atoms with Crippen LogP contribution in [-0.2, 0) is 42.7 Å². The third-order valence-electron chi connectivity index (χ3n) is 7.50. The first-order valence-corrected chi connectivity index (χ1v) is 16.3. The number of carbonyl (C=O) groups excluding carboxylic acids is 2. The number of nitrogens with zero attached hydrogens (tertiary/aromatic N) is 2. The van der Waals surface area contributed by atoms with E-state index >= 15 is 0 Å². The van der Waals surface area contributed by atoms with Gasteiger partial charge in [-0.2, -0.15) is 8.42 Å². The molecule has 0 radical (unpaired) electrons. The fraction of sp³-hybridized carbons (Fsp3) is 0.517. The van der Waals surface area contributed by atoms with E-state index in [1.807, 2.05) is 0 Å². The molecule has 47 heavy (non-hydrogen) atoms. The molecule has 2 heterocycles. The summed E-state index contributed by atoms with van der Waals surface area (Å²) < 4.78 is 63.0. The van der Waals surface area contributed by atoms with E-state index in [0.29, 0.717) is 25.7 Å². The van der Waals surface area contributed by atoms with Crippen molar-refractivity contribution in [3.05, 3.63) is 79.9 Å². The van der Waals surface area contributed by atoms with Crippen molar-refractivity contribution in [2.75, 3.05) is 33.4 Å². The first-order chi connectivity index (χ1) is 22.3. The van der Waals surface area contributed by atoms with Crippen LogP contribution in [-0.4, -0.2) is 100 Å². The number of hydrogen-bond acceptors (Lipinski definition) is 15. The summed E-state index contributed by atoms with van der Waals surface area (Å²) in [7, 11) is -2.54. The number of carbonyl (C=O) groups is 2. The van der Waals surface area contributed by atoms with Crippen LogP contribution in [0.25, 0.3) is 0 Å². The highest BCUT2D eigenvalue weighted by atomic mass is 32.2. The van der Waals surface area contributed by atoms with Crippen molar-refractivity contribution < 1.29 is 60.5 Å². The zero-order valence-electron chi connectivity index (χ0n) is 25.5. The van der Waals surface area contributed by atoms with Crippen molar-refractivity contribution in [3.63, 3.8) is 0 Å². The van der Waals surface area contributed by atoms with Crippen LogP contribution in [0.5, 0.6) is 0 Å². The molecular weight excluding hydrogens is 648 g/mol. The number of rotatable bonds is 16. The number of hydrogen-bond donors (Lipinski definition) is 0. The summed E-state index contributed by atoms with van der Waals surface area (Å²) in [5, 5.41) is 21.7. The quantitative estimate of drug-likeness (QED) is 0.0817. The number of ether oxygens (including phenoxy) is 6. The van der Waals surface area contributed by atoms with Crippen molar-refractivity contribution in [1.82, 2.24) is 0 Å². The Hall–Kier alpha value is -4.07. The molecule has 2 aromatic rings. The molecule has 0 unspecified atom stereocenters. The Morgan fingerprint density at radius 3 is 1.62 bits per heavy atom. The van der Waals surface area contributed by atoms with E-state index in [2.05, 4.69) is 0 Å². The molecule has 2 aliphatic rings. The predicted octanol–water partition coefficient (Wildman–Crippen LogP) is 2.95. The minimum atomic E-state index is -3.97. The Balaban J connectivity index is 1.33. The second-order valence-electron chi connectivity index (χ2n) is 10.8. The van der Waals surface area contributed by atoms with Gasteiger partial charge in [-0.1, -0.05) is 0 Å². The molecular formula is C29H34N2O15S. The zero-order valence-corrected chi connectivity index (χ0v) is 26.3. The molecule has 6 atom stereocenters. The first kappa shape index (κ1) is 35.8. The Labute approximate surface area is 269 Å². The molecule has 0 amide bonds. The van der Waals surface area contributed by atoms with Crippen molar-refractivity contribution in [1.29, 1.82) is 0 Å². The van der Waals surface area contributed by atoms with Gasteiger partial charge in [-0.15, -0.1) is 0 Å². The van der Waals surface area contributed by atoms with Gasteiger partial charge >= 0.3 is 11.9 Å². The molecule has 18 heteroatoms. The summed E-state index contributed by atoms with van der Waals surface area (Å²) in [6.45, 7) is -0.744. The van der Waals surface area contributed by atoms with Crippen LogP contribution in [0.1, 0.15) is 46.4 Å². The number of nitro benzene ring substituents is 2. The lowest BCUT2D eigenvalue weighted by Gasteiger charge is -2.26. The largest absolute Gasteiger partial charge is 0.459 e. The maximum Gasteiger partial charge on any atom is 0.338 e. The van der Waals surface area contributed by atoms with E-state index in [4.69, 9.17) is 32.6 Å². The lowest BCUT2D eigenvalue weighted by molar-refractivity contribution is -0.385. The highest BCUT2D eigenvalue weighted by Crippen LogP contribution is 2.35. The number of nitro groups is 2. The maximum absolute atomic E-state index is 12.6. The number of non-ortho nitro benzene ring substituents is 2. The van der Waals surface area contributed by atoms with Crippen LogP contribution in [0.2, 0.25) is 0 Å². The second-order valence-corrected chi connectivity index (χ2v) is 12.4. The SMILES string of the molecule is COCO[C@@H](COC(=O)c1ccc([N+](=O)[O-])cc1)[C@H]1CC[C@H]([C@H]2CC[C@H]([C@H](COC(=O)c3ccc([N+](=O)[O-])cc3)OS(C)(=O)=O)O2)O1. The predicted molar refractivity (Wildman–Crippen MR) is 159 cm³/mol. The monoisotopic (exact) mass is 682 g/mol. The van der Waals surface area contributed by atoms with Crippen LogP contribution in [0, 0.1) is 20.2 Å². The molecule has 2 aliphatic heterocycles. The maximum atomic E-state index is 12.6. The average Bonchev–Trinajstić information content (AvgIpc) is 3.73. The van der Waals surface area contributed by atoms with E-state index in [1.54, 1.807) is 0 Å². The van der Waals surface area contributed by atoms with Gasteiger partial charge in [-0.05, 0) is 49.9 Å². The van der Waals surface area contributed by atoms with Crippen molar-refractivity contribution in [2.24, 2.45) is 0 Å². The van der Waals surface area contributed by atoms with Crippen molar-refractivity contribution in [2.45, 2.75) is 62.3 Å². The summed E-state index contributed by atoms with van der Waals surface area (Å²) >= 11 is 0. The molecule has 0 spiro atoms. The Bertz CT molecular complexity index is 1520.